The maximum atomic E-state index is 5.65. The second-order valence-corrected chi connectivity index (χ2v) is 4.68. The Labute approximate surface area is 108 Å². The minimum atomic E-state index is 0.267. The molecular formula is C14H21N3O. The molecule has 4 heteroatoms. The van der Waals surface area contributed by atoms with Crippen LogP contribution in [0, 0.1) is 0 Å². The van der Waals surface area contributed by atoms with E-state index in [0.717, 1.165) is 18.6 Å². The van der Waals surface area contributed by atoms with E-state index in [2.05, 4.69) is 21.8 Å². The highest BCUT2D eigenvalue weighted by Crippen LogP contribution is 2.19. The molecule has 0 atom stereocenters. The van der Waals surface area contributed by atoms with Crippen LogP contribution in [0.15, 0.2) is 24.5 Å². The van der Waals surface area contributed by atoms with Gasteiger partial charge in [0.15, 0.2) is 0 Å². The number of nitrogens with zero attached hydrogens (tertiary/aromatic N) is 2. The first kappa shape index (κ1) is 13.1. The van der Waals surface area contributed by atoms with E-state index in [-0.39, 0.29) is 6.10 Å². The lowest BCUT2D eigenvalue weighted by Crippen LogP contribution is -2.10. The van der Waals surface area contributed by atoms with Gasteiger partial charge in [0.25, 0.3) is 0 Å². The number of hydrogen-bond acceptors (Lipinski definition) is 3. The van der Waals surface area contributed by atoms with Gasteiger partial charge in [0.1, 0.15) is 5.65 Å². The fourth-order valence-electron chi connectivity index (χ4n) is 2.11. The number of fused-ring (bicyclic) bond motifs is 1. The van der Waals surface area contributed by atoms with Crippen LogP contribution in [0.1, 0.15) is 19.4 Å². The van der Waals surface area contributed by atoms with Crippen LogP contribution >= 0.6 is 0 Å². The van der Waals surface area contributed by atoms with Gasteiger partial charge in [0.05, 0.1) is 12.7 Å². The molecular weight excluding hydrogens is 226 g/mol. The Bertz CT molecular complexity index is 505. The molecule has 98 valence electrons. The molecule has 2 rings (SSSR count). The largest absolute Gasteiger partial charge is 0.377 e. The van der Waals surface area contributed by atoms with Crippen LogP contribution in [0.25, 0.3) is 11.0 Å². The van der Waals surface area contributed by atoms with Crippen LogP contribution in [0.4, 0.5) is 0 Å². The maximum Gasteiger partial charge on any atom is 0.140 e. The standard InChI is InChI=1S/C14H21N3O/c1-11(2)18-9-8-17-10-12(5-6-15)13-4-3-7-16-14(13)17/h3-4,7,10-11H,5-6,8-9,15H2,1-2H3. The summed E-state index contributed by atoms with van der Waals surface area (Å²) in [6.45, 7) is 6.30. The van der Waals surface area contributed by atoms with Crippen molar-refractivity contribution in [2.24, 2.45) is 5.73 Å². The fraction of sp³-hybridized carbons (Fsp3) is 0.500. The third-order valence-corrected chi connectivity index (χ3v) is 2.91. The summed E-state index contributed by atoms with van der Waals surface area (Å²) in [5, 5.41) is 1.20. The van der Waals surface area contributed by atoms with Gasteiger partial charge >= 0.3 is 0 Å². The summed E-state index contributed by atoms with van der Waals surface area (Å²) in [5.41, 5.74) is 7.94. The lowest BCUT2D eigenvalue weighted by atomic mass is 10.2. The highest BCUT2D eigenvalue weighted by molar-refractivity contribution is 5.80. The molecule has 0 bridgehead atoms. The molecule has 0 saturated carbocycles. The first-order valence-corrected chi connectivity index (χ1v) is 6.46. The van der Waals surface area contributed by atoms with Crippen LogP contribution in [-0.4, -0.2) is 28.8 Å². The van der Waals surface area contributed by atoms with E-state index in [1.807, 2.05) is 26.1 Å². The SMILES string of the molecule is CC(C)OCCn1cc(CCN)c2cccnc21. The van der Waals surface area contributed by atoms with Gasteiger partial charge < -0.3 is 15.0 Å². The van der Waals surface area contributed by atoms with Crippen LogP contribution in [0.5, 0.6) is 0 Å². The molecule has 0 aliphatic rings. The van der Waals surface area contributed by atoms with E-state index >= 15 is 0 Å². The highest BCUT2D eigenvalue weighted by atomic mass is 16.5. The van der Waals surface area contributed by atoms with Crippen LogP contribution in [-0.2, 0) is 17.7 Å². The van der Waals surface area contributed by atoms with Crippen molar-refractivity contribution in [3.63, 3.8) is 0 Å². The average molecular weight is 247 g/mol. The monoisotopic (exact) mass is 247 g/mol. The molecule has 18 heavy (non-hydrogen) atoms. The van der Waals surface area contributed by atoms with Gasteiger partial charge in [-0.2, -0.15) is 0 Å². The zero-order valence-electron chi connectivity index (χ0n) is 11.1. The quantitative estimate of drug-likeness (QED) is 0.849. The highest BCUT2D eigenvalue weighted by Gasteiger charge is 2.08. The molecule has 0 aromatic carbocycles. The van der Waals surface area contributed by atoms with Crippen molar-refractivity contribution in [3.8, 4) is 0 Å². The third kappa shape index (κ3) is 2.89. The molecule has 2 aromatic rings. The topological polar surface area (TPSA) is 53.1 Å². The van der Waals surface area contributed by atoms with Gasteiger partial charge in [-0.15, -0.1) is 0 Å². The number of pyridine rings is 1. The minimum Gasteiger partial charge on any atom is -0.377 e. The van der Waals surface area contributed by atoms with Crippen molar-refractivity contribution in [1.82, 2.24) is 9.55 Å². The first-order chi connectivity index (χ1) is 8.72. The molecule has 0 spiro atoms. The molecule has 0 aliphatic carbocycles. The second-order valence-electron chi connectivity index (χ2n) is 4.68. The number of hydrogen-bond donors (Lipinski definition) is 1. The predicted octanol–water partition coefficient (Wildman–Crippen LogP) is 1.96. The van der Waals surface area contributed by atoms with Gasteiger partial charge in [-0.05, 0) is 44.5 Å². The van der Waals surface area contributed by atoms with Crippen LogP contribution < -0.4 is 5.73 Å². The van der Waals surface area contributed by atoms with E-state index in [1.165, 1.54) is 10.9 Å². The molecule has 4 nitrogen and oxygen atoms in total. The molecule has 0 unspecified atom stereocenters. The smallest absolute Gasteiger partial charge is 0.140 e. The Morgan fingerprint density at radius 1 is 1.44 bits per heavy atom. The Morgan fingerprint density at radius 3 is 3.00 bits per heavy atom. The molecule has 0 fully saturated rings. The number of rotatable bonds is 6. The first-order valence-electron chi connectivity index (χ1n) is 6.46. The molecule has 2 aromatic heterocycles. The maximum absolute atomic E-state index is 5.65. The zero-order valence-corrected chi connectivity index (χ0v) is 11.1. The Morgan fingerprint density at radius 2 is 2.28 bits per heavy atom. The van der Waals surface area contributed by atoms with E-state index in [0.29, 0.717) is 13.2 Å². The van der Waals surface area contributed by atoms with E-state index in [4.69, 9.17) is 10.5 Å². The molecule has 0 saturated heterocycles. The average Bonchev–Trinajstić information content (AvgIpc) is 2.69. The van der Waals surface area contributed by atoms with Crippen molar-refractivity contribution >= 4 is 11.0 Å². The molecule has 0 radical (unpaired) electrons. The Hall–Kier alpha value is -1.39. The summed E-state index contributed by atoms with van der Waals surface area (Å²) in [7, 11) is 0. The number of aromatic nitrogens is 2. The van der Waals surface area contributed by atoms with Crippen molar-refractivity contribution in [2.45, 2.75) is 32.9 Å². The van der Waals surface area contributed by atoms with Crippen molar-refractivity contribution in [2.75, 3.05) is 13.2 Å². The summed E-state index contributed by atoms with van der Waals surface area (Å²) < 4.78 is 7.75. The molecule has 0 amide bonds. The summed E-state index contributed by atoms with van der Waals surface area (Å²) in [4.78, 5) is 4.45. The third-order valence-electron chi connectivity index (χ3n) is 2.91. The summed E-state index contributed by atoms with van der Waals surface area (Å²) in [5.74, 6) is 0. The number of nitrogens with two attached hydrogens (primary N) is 1. The molecule has 2 N–H and O–H groups in total. The Balaban J connectivity index is 2.21. The fourth-order valence-corrected chi connectivity index (χ4v) is 2.11. The summed E-state index contributed by atoms with van der Waals surface area (Å²) >= 11 is 0. The number of ether oxygens (including phenoxy) is 1. The van der Waals surface area contributed by atoms with Crippen LogP contribution in [0.2, 0.25) is 0 Å². The van der Waals surface area contributed by atoms with Gasteiger partial charge in [-0.3, -0.25) is 0 Å². The van der Waals surface area contributed by atoms with Crippen molar-refractivity contribution in [1.29, 1.82) is 0 Å². The second kappa shape index (κ2) is 5.98. The van der Waals surface area contributed by atoms with E-state index < -0.39 is 0 Å². The molecule has 2 heterocycles. The zero-order chi connectivity index (χ0) is 13.0. The van der Waals surface area contributed by atoms with E-state index in [1.54, 1.807) is 0 Å². The van der Waals surface area contributed by atoms with Crippen LogP contribution in [0.3, 0.4) is 0 Å². The van der Waals surface area contributed by atoms with E-state index in [9.17, 15) is 0 Å². The van der Waals surface area contributed by atoms with Crippen molar-refractivity contribution in [3.05, 3.63) is 30.1 Å². The molecule has 0 aliphatic heterocycles. The van der Waals surface area contributed by atoms with Gasteiger partial charge in [-0.1, -0.05) is 0 Å². The normalized spacial score (nSPS) is 11.6. The van der Waals surface area contributed by atoms with Gasteiger partial charge in [0.2, 0.25) is 0 Å². The van der Waals surface area contributed by atoms with Crippen molar-refractivity contribution < 1.29 is 4.74 Å². The minimum absolute atomic E-state index is 0.267. The predicted molar refractivity (Wildman–Crippen MR) is 73.6 cm³/mol. The summed E-state index contributed by atoms with van der Waals surface area (Å²) in [6, 6.07) is 4.07. The van der Waals surface area contributed by atoms with Gasteiger partial charge in [0, 0.05) is 24.3 Å². The lowest BCUT2D eigenvalue weighted by molar-refractivity contribution is 0.0733. The van der Waals surface area contributed by atoms with Gasteiger partial charge in [-0.25, -0.2) is 4.98 Å². The summed E-state index contributed by atoms with van der Waals surface area (Å²) in [6.07, 6.45) is 5.13. The Kier molecular flexibility index (Phi) is 4.33. The lowest BCUT2D eigenvalue weighted by Gasteiger charge is -2.08.